The van der Waals surface area contributed by atoms with E-state index in [4.69, 9.17) is 17.3 Å². The lowest BCUT2D eigenvalue weighted by molar-refractivity contribution is 0.102. The molecule has 0 unspecified atom stereocenters. The SMILES string of the molecule is CCC(CC)c1nnc(NC(=O)c2ccc(Cl)c(N)c2)s1. The number of carbonyl (C=O) groups is 1. The van der Waals surface area contributed by atoms with E-state index < -0.39 is 0 Å². The molecule has 0 fully saturated rings. The van der Waals surface area contributed by atoms with E-state index in [9.17, 15) is 4.79 Å². The number of hydrogen-bond acceptors (Lipinski definition) is 5. The molecule has 1 aromatic carbocycles. The molecule has 1 aromatic heterocycles. The molecular formula is C14H17ClN4OS. The van der Waals surface area contributed by atoms with E-state index in [2.05, 4.69) is 29.4 Å². The number of nitrogens with zero attached hydrogens (tertiary/aromatic N) is 2. The van der Waals surface area contributed by atoms with Gasteiger partial charge in [0.15, 0.2) is 0 Å². The van der Waals surface area contributed by atoms with Gasteiger partial charge in [-0.3, -0.25) is 10.1 Å². The van der Waals surface area contributed by atoms with Gasteiger partial charge in [-0.05, 0) is 31.0 Å². The van der Waals surface area contributed by atoms with Crippen LogP contribution in [-0.4, -0.2) is 16.1 Å². The Hall–Kier alpha value is -1.66. The monoisotopic (exact) mass is 324 g/mol. The molecule has 3 N–H and O–H groups in total. The highest BCUT2D eigenvalue weighted by molar-refractivity contribution is 7.15. The van der Waals surface area contributed by atoms with E-state index in [0.717, 1.165) is 17.8 Å². The van der Waals surface area contributed by atoms with Gasteiger partial charge in [-0.1, -0.05) is 36.8 Å². The minimum atomic E-state index is -0.273. The lowest BCUT2D eigenvalue weighted by Crippen LogP contribution is -2.12. The third kappa shape index (κ3) is 3.71. The van der Waals surface area contributed by atoms with E-state index in [1.807, 2.05) is 0 Å². The fourth-order valence-corrected chi connectivity index (χ4v) is 3.06. The largest absolute Gasteiger partial charge is 0.398 e. The predicted octanol–water partition coefficient (Wildman–Crippen LogP) is 3.93. The smallest absolute Gasteiger partial charge is 0.257 e. The molecule has 5 nitrogen and oxygen atoms in total. The molecule has 0 saturated carbocycles. The second-order valence-electron chi connectivity index (χ2n) is 4.65. The molecule has 0 aliphatic carbocycles. The normalized spacial score (nSPS) is 10.9. The van der Waals surface area contributed by atoms with Crippen molar-refractivity contribution in [2.24, 2.45) is 0 Å². The van der Waals surface area contributed by atoms with Crippen LogP contribution in [0, 0.1) is 0 Å². The Balaban J connectivity index is 2.11. The van der Waals surface area contributed by atoms with E-state index >= 15 is 0 Å². The van der Waals surface area contributed by atoms with Crippen molar-refractivity contribution in [2.45, 2.75) is 32.6 Å². The van der Waals surface area contributed by atoms with Gasteiger partial charge in [0, 0.05) is 11.5 Å². The number of halogens is 1. The first kappa shape index (κ1) is 15.7. The highest BCUT2D eigenvalue weighted by Gasteiger charge is 2.15. The highest BCUT2D eigenvalue weighted by Crippen LogP contribution is 2.28. The summed E-state index contributed by atoms with van der Waals surface area (Å²) in [5.41, 5.74) is 6.51. The first-order valence-electron chi connectivity index (χ1n) is 6.74. The molecule has 0 saturated heterocycles. The number of anilines is 2. The van der Waals surface area contributed by atoms with Gasteiger partial charge in [0.1, 0.15) is 5.01 Å². The Morgan fingerprint density at radius 3 is 2.71 bits per heavy atom. The zero-order valence-corrected chi connectivity index (χ0v) is 13.5. The van der Waals surface area contributed by atoms with Crippen LogP contribution in [-0.2, 0) is 0 Å². The molecular weight excluding hydrogens is 308 g/mol. The summed E-state index contributed by atoms with van der Waals surface area (Å²) in [4.78, 5) is 12.1. The van der Waals surface area contributed by atoms with Crippen molar-refractivity contribution in [1.29, 1.82) is 0 Å². The lowest BCUT2D eigenvalue weighted by Gasteiger charge is -2.06. The average Bonchev–Trinajstić information content (AvgIpc) is 2.91. The van der Waals surface area contributed by atoms with Crippen LogP contribution in [0.15, 0.2) is 18.2 Å². The molecule has 0 spiro atoms. The van der Waals surface area contributed by atoms with Gasteiger partial charge in [-0.2, -0.15) is 0 Å². The Morgan fingerprint density at radius 2 is 2.10 bits per heavy atom. The van der Waals surface area contributed by atoms with Gasteiger partial charge in [0.05, 0.1) is 10.7 Å². The summed E-state index contributed by atoms with van der Waals surface area (Å²) in [5.74, 6) is 0.116. The molecule has 7 heteroatoms. The number of nitrogen functional groups attached to an aromatic ring is 1. The van der Waals surface area contributed by atoms with E-state index in [1.165, 1.54) is 11.3 Å². The van der Waals surface area contributed by atoms with E-state index in [1.54, 1.807) is 18.2 Å². The average molecular weight is 325 g/mol. The maximum absolute atomic E-state index is 12.1. The Labute approximate surface area is 132 Å². The molecule has 21 heavy (non-hydrogen) atoms. The van der Waals surface area contributed by atoms with Crippen LogP contribution in [0.2, 0.25) is 5.02 Å². The quantitative estimate of drug-likeness (QED) is 0.816. The van der Waals surface area contributed by atoms with Gasteiger partial charge in [0.2, 0.25) is 5.13 Å². The van der Waals surface area contributed by atoms with Gasteiger partial charge in [-0.25, -0.2) is 0 Å². The first-order chi connectivity index (χ1) is 10.0. The number of nitrogens with one attached hydrogen (secondary N) is 1. The first-order valence-corrected chi connectivity index (χ1v) is 7.94. The van der Waals surface area contributed by atoms with Gasteiger partial charge >= 0.3 is 0 Å². The number of benzene rings is 1. The lowest BCUT2D eigenvalue weighted by atomic mass is 10.1. The molecule has 112 valence electrons. The molecule has 1 heterocycles. The molecule has 1 amide bonds. The number of amides is 1. The standard InChI is InChI=1S/C14H17ClN4OS/c1-3-8(4-2)13-18-19-14(21-13)17-12(20)9-5-6-10(15)11(16)7-9/h5-8H,3-4,16H2,1-2H3,(H,17,19,20). The molecule has 0 bridgehead atoms. The molecule has 0 aliphatic rings. The van der Waals surface area contributed by atoms with Gasteiger partial charge < -0.3 is 5.73 Å². The molecule has 0 radical (unpaired) electrons. The van der Waals surface area contributed by atoms with Crippen molar-refractivity contribution < 1.29 is 4.79 Å². The van der Waals surface area contributed by atoms with Crippen molar-refractivity contribution in [3.05, 3.63) is 33.8 Å². The van der Waals surface area contributed by atoms with Crippen LogP contribution >= 0.6 is 22.9 Å². The molecule has 2 rings (SSSR count). The number of aromatic nitrogens is 2. The van der Waals surface area contributed by atoms with Crippen molar-refractivity contribution in [3.8, 4) is 0 Å². The maximum Gasteiger partial charge on any atom is 0.257 e. The molecule has 0 aliphatic heterocycles. The van der Waals surface area contributed by atoms with Crippen LogP contribution in [0.5, 0.6) is 0 Å². The zero-order chi connectivity index (χ0) is 15.4. The van der Waals surface area contributed by atoms with Crippen molar-refractivity contribution in [2.75, 3.05) is 11.1 Å². The third-order valence-corrected chi connectivity index (χ3v) is 4.60. The highest BCUT2D eigenvalue weighted by atomic mass is 35.5. The maximum atomic E-state index is 12.1. The summed E-state index contributed by atoms with van der Waals surface area (Å²) in [6.07, 6.45) is 2.01. The van der Waals surface area contributed by atoms with E-state index in [0.29, 0.717) is 27.3 Å². The van der Waals surface area contributed by atoms with Crippen molar-refractivity contribution in [3.63, 3.8) is 0 Å². The fourth-order valence-electron chi connectivity index (χ4n) is 1.94. The minimum Gasteiger partial charge on any atom is -0.398 e. The topological polar surface area (TPSA) is 80.9 Å². The number of hydrogen-bond donors (Lipinski definition) is 2. The Morgan fingerprint density at radius 1 is 1.38 bits per heavy atom. The number of rotatable bonds is 5. The van der Waals surface area contributed by atoms with E-state index in [-0.39, 0.29) is 5.91 Å². The fraction of sp³-hybridized carbons (Fsp3) is 0.357. The van der Waals surface area contributed by atoms with Crippen LogP contribution in [0.1, 0.15) is 48.0 Å². The summed E-state index contributed by atoms with van der Waals surface area (Å²) in [5, 5.41) is 12.8. The molecule has 2 aromatic rings. The summed E-state index contributed by atoms with van der Waals surface area (Å²) in [6.45, 7) is 4.23. The second-order valence-corrected chi connectivity index (χ2v) is 6.07. The summed E-state index contributed by atoms with van der Waals surface area (Å²) >= 11 is 7.25. The van der Waals surface area contributed by atoms with Crippen LogP contribution in [0.3, 0.4) is 0 Å². The summed E-state index contributed by atoms with van der Waals surface area (Å²) < 4.78 is 0. The van der Waals surface area contributed by atoms with Crippen LogP contribution in [0.25, 0.3) is 0 Å². The van der Waals surface area contributed by atoms with Crippen molar-refractivity contribution >= 4 is 39.7 Å². The Kier molecular flexibility index (Phi) is 5.14. The minimum absolute atomic E-state index is 0.273. The van der Waals surface area contributed by atoms with Gasteiger partial charge in [0.25, 0.3) is 5.91 Å². The van der Waals surface area contributed by atoms with Crippen LogP contribution in [0.4, 0.5) is 10.8 Å². The molecule has 0 atom stereocenters. The predicted molar refractivity (Wildman–Crippen MR) is 87.0 cm³/mol. The number of carbonyl (C=O) groups excluding carboxylic acids is 1. The Bertz CT molecular complexity index is 640. The summed E-state index contributed by atoms with van der Waals surface area (Å²) in [7, 11) is 0. The van der Waals surface area contributed by atoms with Gasteiger partial charge in [-0.15, -0.1) is 10.2 Å². The second kappa shape index (κ2) is 6.87. The number of nitrogens with two attached hydrogens (primary N) is 1. The van der Waals surface area contributed by atoms with Crippen molar-refractivity contribution in [1.82, 2.24) is 10.2 Å². The van der Waals surface area contributed by atoms with Crippen LogP contribution < -0.4 is 11.1 Å². The third-order valence-electron chi connectivity index (χ3n) is 3.25. The summed E-state index contributed by atoms with van der Waals surface area (Å²) in [6, 6.07) is 4.76. The zero-order valence-electron chi connectivity index (χ0n) is 11.9.